The van der Waals surface area contributed by atoms with E-state index in [1.807, 2.05) is 33.0 Å². The van der Waals surface area contributed by atoms with Crippen molar-refractivity contribution in [2.24, 2.45) is 0 Å². The van der Waals surface area contributed by atoms with E-state index in [9.17, 15) is 9.59 Å². The molecule has 3 aromatic rings. The van der Waals surface area contributed by atoms with Crippen LogP contribution in [0.25, 0.3) is 11.0 Å². The van der Waals surface area contributed by atoms with Gasteiger partial charge >= 0.3 is 5.69 Å². The Hall–Kier alpha value is -3.26. The molecule has 154 valence electrons. The number of aromatic nitrogens is 2. The molecule has 0 aliphatic heterocycles. The number of hydrogen-bond donors (Lipinski definition) is 4. The molecule has 29 heavy (non-hydrogen) atoms. The predicted octanol–water partition coefficient (Wildman–Crippen LogP) is 1.22. The van der Waals surface area contributed by atoms with E-state index in [1.165, 1.54) is 0 Å². The maximum Gasteiger partial charge on any atom is 0.323 e. The Kier molecular flexibility index (Phi) is 5.93. The molecule has 8 heteroatoms. The number of methoxy groups -OCH3 is 2. The van der Waals surface area contributed by atoms with Gasteiger partial charge in [-0.25, -0.2) is 4.79 Å². The standard InChI is InChI=1S/C21H26N4O4/c1-12-8-18(28-4)19(29-5)9-14(12)11-25(3)13(2)20(26)22-15-6-7-16-17(10-15)24-21(27)23-16/h6-10,13H,11H2,1-5H3,(H,22,26)(H2,23,24,27)/p+1/t13-/m0/s1. The van der Waals surface area contributed by atoms with Crippen molar-refractivity contribution in [3.8, 4) is 11.5 Å². The van der Waals surface area contributed by atoms with Crippen LogP contribution in [0.1, 0.15) is 18.1 Å². The highest BCUT2D eigenvalue weighted by Crippen LogP contribution is 2.29. The molecule has 0 fully saturated rings. The molecule has 0 aliphatic rings. The summed E-state index contributed by atoms with van der Waals surface area (Å²) < 4.78 is 10.7. The van der Waals surface area contributed by atoms with E-state index in [2.05, 4.69) is 15.3 Å². The molecule has 4 N–H and O–H groups in total. The summed E-state index contributed by atoms with van der Waals surface area (Å²) in [6, 6.07) is 8.88. The average Bonchev–Trinajstić information content (AvgIpc) is 3.07. The lowest BCUT2D eigenvalue weighted by molar-refractivity contribution is -0.907. The fraction of sp³-hybridized carbons (Fsp3) is 0.333. The van der Waals surface area contributed by atoms with Gasteiger partial charge in [-0.15, -0.1) is 0 Å². The molecule has 2 aromatic carbocycles. The number of likely N-dealkylation sites (N-methyl/N-ethyl adjacent to an activating group) is 1. The molecule has 1 amide bonds. The first-order chi connectivity index (χ1) is 13.8. The number of fused-ring (bicyclic) bond motifs is 1. The normalized spacial score (nSPS) is 13.1. The van der Waals surface area contributed by atoms with E-state index >= 15 is 0 Å². The lowest BCUT2D eigenvalue weighted by atomic mass is 10.1. The third-order valence-electron chi connectivity index (χ3n) is 5.23. The van der Waals surface area contributed by atoms with Gasteiger partial charge in [0.25, 0.3) is 5.91 Å². The van der Waals surface area contributed by atoms with Gasteiger partial charge in [0, 0.05) is 11.3 Å². The molecular formula is C21H27N4O4+. The van der Waals surface area contributed by atoms with Gasteiger partial charge in [0.1, 0.15) is 6.54 Å². The van der Waals surface area contributed by atoms with Crippen molar-refractivity contribution in [2.45, 2.75) is 26.4 Å². The Morgan fingerprint density at radius 2 is 1.76 bits per heavy atom. The maximum absolute atomic E-state index is 12.7. The first-order valence-corrected chi connectivity index (χ1v) is 9.39. The molecule has 1 heterocycles. The summed E-state index contributed by atoms with van der Waals surface area (Å²) in [5, 5.41) is 2.92. The van der Waals surface area contributed by atoms with Gasteiger partial charge < -0.3 is 29.7 Å². The highest BCUT2D eigenvalue weighted by molar-refractivity contribution is 5.95. The van der Waals surface area contributed by atoms with Gasteiger partial charge in [-0.1, -0.05) is 0 Å². The largest absolute Gasteiger partial charge is 0.493 e. The summed E-state index contributed by atoms with van der Waals surface area (Å²) >= 11 is 0. The number of amides is 1. The number of imidazole rings is 1. The zero-order valence-electron chi connectivity index (χ0n) is 17.3. The second-order valence-electron chi connectivity index (χ2n) is 7.21. The minimum absolute atomic E-state index is 0.0992. The van der Waals surface area contributed by atoms with Crippen molar-refractivity contribution in [3.05, 3.63) is 51.9 Å². The third-order valence-corrected chi connectivity index (χ3v) is 5.23. The lowest BCUT2D eigenvalue weighted by Gasteiger charge is -2.22. The van der Waals surface area contributed by atoms with Crippen LogP contribution in [0.4, 0.5) is 5.69 Å². The van der Waals surface area contributed by atoms with E-state index in [1.54, 1.807) is 32.4 Å². The first-order valence-electron chi connectivity index (χ1n) is 9.39. The number of aryl methyl sites for hydroxylation is 1. The number of H-pyrrole nitrogens is 2. The molecule has 0 aliphatic carbocycles. The number of carbonyl (C=O) groups is 1. The van der Waals surface area contributed by atoms with Gasteiger partial charge in [0.05, 0.1) is 32.3 Å². The molecule has 3 rings (SSSR count). The Labute approximate surface area is 168 Å². The van der Waals surface area contributed by atoms with Crippen molar-refractivity contribution in [1.29, 1.82) is 0 Å². The van der Waals surface area contributed by atoms with Crippen molar-refractivity contribution in [1.82, 2.24) is 9.97 Å². The van der Waals surface area contributed by atoms with Crippen LogP contribution in [0.15, 0.2) is 35.1 Å². The molecule has 0 saturated carbocycles. The molecule has 0 radical (unpaired) electrons. The summed E-state index contributed by atoms with van der Waals surface area (Å²) in [6.45, 7) is 4.56. The SMILES string of the molecule is COc1cc(C)c(C[NH+](C)[C@@H](C)C(=O)Nc2ccc3[nH]c(=O)[nH]c3c2)cc1OC. The van der Waals surface area contributed by atoms with Crippen molar-refractivity contribution < 1.29 is 19.2 Å². The van der Waals surface area contributed by atoms with Crippen molar-refractivity contribution in [2.75, 3.05) is 26.6 Å². The number of anilines is 1. The average molecular weight is 399 g/mol. The lowest BCUT2D eigenvalue weighted by Crippen LogP contribution is -3.12. The highest BCUT2D eigenvalue weighted by atomic mass is 16.5. The molecule has 0 bridgehead atoms. The van der Waals surface area contributed by atoms with Crippen LogP contribution in [-0.2, 0) is 11.3 Å². The Balaban J connectivity index is 1.71. The van der Waals surface area contributed by atoms with E-state index in [-0.39, 0.29) is 17.6 Å². The molecule has 0 saturated heterocycles. The quantitative estimate of drug-likeness (QED) is 0.480. The Morgan fingerprint density at radius 3 is 2.45 bits per heavy atom. The minimum Gasteiger partial charge on any atom is -0.493 e. The van der Waals surface area contributed by atoms with Crippen molar-refractivity contribution >= 4 is 22.6 Å². The summed E-state index contributed by atoms with van der Waals surface area (Å²) in [5.41, 5.74) is 3.89. The Morgan fingerprint density at radius 1 is 1.10 bits per heavy atom. The molecule has 1 aromatic heterocycles. The van der Waals surface area contributed by atoms with Crippen LogP contribution in [0.2, 0.25) is 0 Å². The second-order valence-corrected chi connectivity index (χ2v) is 7.21. The fourth-order valence-electron chi connectivity index (χ4n) is 3.25. The zero-order chi connectivity index (χ0) is 21.1. The number of nitrogens with one attached hydrogen (secondary N) is 4. The molecule has 8 nitrogen and oxygen atoms in total. The zero-order valence-corrected chi connectivity index (χ0v) is 17.3. The number of hydrogen-bond acceptors (Lipinski definition) is 4. The summed E-state index contributed by atoms with van der Waals surface area (Å²) in [5.74, 6) is 1.26. The maximum atomic E-state index is 12.7. The highest BCUT2D eigenvalue weighted by Gasteiger charge is 2.23. The first kappa shape index (κ1) is 20.5. The van der Waals surface area contributed by atoms with Crippen LogP contribution in [0, 0.1) is 6.92 Å². The molecule has 1 unspecified atom stereocenters. The third kappa shape index (κ3) is 4.43. The number of ether oxygens (including phenoxy) is 2. The van der Waals surface area contributed by atoms with E-state index in [0.717, 1.165) is 16.0 Å². The summed E-state index contributed by atoms with van der Waals surface area (Å²) in [7, 11) is 5.20. The van der Waals surface area contributed by atoms with Gasteiger partial charge in [-0.2, -0.15) is 0 Å². The van der Waals surface area contributed by atoms with Crippen LogP contribution in [0.3, 0.4) is 0 Å². The fourth-order valence-corrected chi connectivity index (χ4v) is 3.25. The van der Waals surface area contributed by atoms with Crippen LogP contribution < -0.4 is 25.4 Å². The van der Waals surface area contributed by atoms with E-state index in [0.29, 0.717) is 34.8 Å². The Bertz CT molecular complexity index is 1090. The van der Waals surface area contributed by atoms with Gasteiger partial charge in [-0.05, 0) is 49.7 Å². The molecule has 2 atom stereocenters. The predicted molar refractivity (Wildman–Crippen MR) is 112 cm³/mol. The minimum atomic E-state index is -0.288. The van der Waals surface area contributed by atoms with E-state index < -0.39 is 0 Å². The summed E-state index contributed by atoms with van der Waals surface area (Å²) in [6.07, 6.45) is 0. The topological polar surface area (TPSA) is 101 Å². The van der Waals surface area contributed by atoms with Gasteiger partial charge in [0.2, 0.25) is 0 Å². The monoisotopic (exact) mass is 399 g/mol. The second kappa shape index (κ2) is 8.40. The number of aromatic amines is 2. The van der Waals surface area contributed by atoms with Crippen LogP contribution >= 0.6 is 0 Å². The number of carbonyl (C=O) groups excluding carboxylic acids is 1. The number of benzene rings is 2. The molecule has 0 spiro atoms. The van der Waals surface area contributed by atoms with Crippen LogP contribution in [0.5, 0.6) is 11.5 Å². The van der Waals surface area contributed by atoms with Crippen molar-refractivity contribution in [3.63, 3.8) is 0 Å². The summed E-state index contributed by atoms with van der Waals surface area (Å²) in [4.78, 5) is 30.5. The number of quaternary nitrogens is 1. The van der Waals surface area contributed by atoms with Crippen LogP contribution in [-0.4, -0.2) is 43.2 Å². The van der Waals surface area contributed by atoms with E-state index in [4.69, 9.17) is 9.47 Å². The smallest absolute Gasteiger partial charge is 0.323 e. The number of rotatable bonds is 7. The van der Waals surface area contributed by atoms with Gasteiger partial charge in [0.15, 0.2) is 17.5 Å². The van der Waals surface area contributed by atoms with Gasteiger partial charge in [-0.3, -0.25) is 4.79 Å². The molecular weight excluding hydrogens is 372 g/mol.